The summed E-state index contributed by atoms with van der Waals surface area (Å²) in [6, 6.07) is 6.05. The van der Waals surface area contributed by atoms with Crippen LogP contribution in [0.5, 0.6) is 0 Å². The van der Waals surface area contributed by atoms with Crippen molar-refractivity contribution >= 4 is 11.5 Å². The van der Waals surface area contributed by atoms with Crippen molar-refractivity contribution in [2.45, 2.75) is 6.92 Å². The molecule has 1 fully saturated rings. The van der Waals surface area contributed by atoms with Crippen LogP contribution in [0.1, 0.15) is 5.69 Å². The van der Waals surface area contributed by atoms with Gasteiger partial charge < -0.3 is 10.2 Å². The predicted octanol–water partition coefficient (Wildman–Crippen LogP) is 1.51. The van der Waals surface area contributed by atoms with Crippen LogP contribution in [-0.4, -0.2) is 45.8 Å². The van der Waals surface area contributed by atoms with E-state index in [0.29, 0.717) is 0 Å². The maximum atomic E-state index is 4.85. The summed E-state index contributed by atoms with van der Waals surface area (Å²) in [5.41, 5.74) is 3.99. The van der Waals surface area contributed by atoms with E-state index in [1.165, 1.54) is 0 Å². The number of nitrogens with zero attached hydrogens (tertiary/aromatic N) is 5. The van der Waals surface area contributed by atoms with Gasteiger partial charge >= 0.3 is 0 Å². The lowest BCUT2D eigenvalue weighted by atomic mass is 10.1. The van der Waals surface area contributed by atoms with Crippen molar-refractivity contribution in [3.05, 3.63) is 42.5 Å². The Balaban J connectivity index is 1.81. The summed E-state index contributed by atoms with van der Waals surface area (Å²) in [6.45, 7) is 5.98. The number of anilines is 1. The lowest BCUT2D eigenvalue weighted by Crippen LogP contribution is -2.43. The Kier molecular flexibility index (Phi) is 3.23. The molecular formula is C16H18N6. The molecule has 0 saturated carbocycles. The first-order valence-corrected chi connectivity index (χ1v) is 7.55. The molecule has 0 radical (unpaired) electrons. The maximum absolute atomic E-state index is 4.85. The molecule has 0 unspecified atom stereocenters. The highest BCUT2D eigenvalue weighted by atomic mass is 15.3. The molecule has 4 heterocycles. The van der Waals surface area contributed by atoms with Crippen LogP contribution in [0.2, 0.25) is 0 Å². The molecule has 6 nitrogen and oxygen atoms in total. The molecule has 0 atom stereocenters. The third-order valence-electron chi connectivity index (χ3n) is 4.09. The molecule has 4 rings (SSSR count). The van der Waals surface area contributed by atoms with Crippen LogP contribution in [0.3, 0.4) is 0 Å². The molecule has 0 spiro atoms. The summed E-state index contributed by atoms with van der Waals surface area (Å²) in [6.07, 6.45) is 5.66. The standard InChI is InChI=1S/C16H18N6/c1-12-13(3-2-5-18-12)14-11-19-22-8-4-15(20-16(14)22)21-9-6-17-7-10-21/h2-5,8,11,17H,6-7,9-10H2,1H3. The van der Waals surface area contributed by atoms with E-state index in [-0.39, 0.29) is 0 Å². The third kappa shape index (κ3) is 2.21. The van der Waals surface area contributed by atoms with Gasteiger partial charge in [0.15, 0.2) is 5.65 Å². The molecule has 3 aromatic rings. The number of pyridine rings is 1. The van der Waals surface area contributed by atoms with Gasteiger partial charge in [-0.3, -0.25) is 4.98 Å². The van der Waals surface area contributed by atoms with E-state index in [4.69, 9.17) is 4.98 Å². The first-order chi connectivity index (χ1) is 10.8. The van der Waals surface area contributed by atoms with Crippen LogP contribution < -0.4 is 10.2 Å². The van der Waals surface area contributed by atoms with Gasteiger partial charge in [-0.1, -0.05) is 6.07 Å². The highest BCUT2D eigenvalue weighted by Gasteiger charge is 2.15. The lowest BCUT2D eigenvalue weighted by molar-refractivity contribution is 0.585. The van der Waals surface area contributed by atoms with Gasteiger partial charge in [0.05, 0.1) is 6.20 Å². The van der Waals surface area contributed by atoms with Crippen molar-refractivity contribution in [2.24, 2.45) is 0 Å². The molecule has 0 bridgehead atoms. The van der Waals surface area contributed by atoms with Crippen molar-refractivity contribution < 1.29 is 0 Å². The van der Waals surface area contributed by atoms with E-state index in [2.05, 4.69) is 26.4 Å². The molecule has 22 heavy (non-hydrogen) atoms. The molecule has 1 aliphatic heterocycles. The Bertz CT molecular complexity index is 803. The summed E-state index contributed by atoms with van der Waals surface area (Å²) in [7, 11) is 0. The van der Waals surface area contributed by atoms with Crippen LogP contribution in [-0.2, 0) is 0 Å². The molecule has 1 N–H and O–H groups in total. The number of nitrogens with one attached hydrogen (secondary N) is 1. The van der Waals surface area contributed by atoms with E-state index in [1.54, 1.807) is 0 Å². The van der Waals surface area contributed by atoms with Crippen molar-refractivity contribution in [1.29, 1.82) is 0 Å². The Morgan fingerprint density at radius 2 is 2.00 bits per heavy atom. The average Bonchev–Trinajstić information content (AvgIpc) is 2.99. The van der Waals surface area contributed by atoms with Crippen LogP contribution >= 0.6 is 0 Å². The first kappa shape index (κ1) is 13.2. The highest BCUT2D eigenvalue weighted by molar-refractivity contribution is 5.78. The van der Waals surface area contributed by atoms with Gasteiger partial charge in [0.25, 0.3) is 0 Å². The maximum Gasteiger partial charge on any atom is 0.165 e. The predicted molar refractivity (Wildman–Crippen MR) is 86.0 cm³/mol. The smallest absolute Gasteiger partial charge is 0.165 e. The van der Waals surface area contributed by atoms with Gasteiger partial charge in [-0.05, 0) is 19.1 Å². The van der Waals surface area contributed by atoms with Crippen molar-refractivity contribution in [1.82, 2.24) is 24.9 Å². The fourth-order valence-electron chi connectivity index (χ4n) is 2.89. The molecule has 1 aliphatic rings. The number of aryl methyl sites for hydroxylation is 1. The molecule has 0 amide bonds. The summed E-state index contributed by atoms with van der Waals surface area (Å²) in [5, 5.41) is 7.78. The molecule has 6 heteroatoms. The number of aromatic nitrogens is 4. The number of hydrogen-bond donors (Lipinski definition) is 1. The zero-order valence-electron chi connectivity index (χ0n) is 12.5. The Morgan fingerprint density at radius 1 is 1.14 bits per heavy atom. The zero-order chi connectivity index (χ0) is 14.9. The first-order valence-electron chi connectivity index (χ1n) is 7.55. The Labute approximate surface area is 128 Å². The number of rotatable bonds is 2. The van der Waals surface area contributed by atoms with Crippen molar-refractivity contribution in [3.63, 3.8) is 0 Å². The fourth-order valence-corrected chi connectivity index (χ4v) is 2.89. The van der Waals surface area contributed by atoms with Crippen LogP contribution in [0.15, 0.2) is 36.8 Å². The molecule has 0 aromatic carbocycles. The van der Waals surface area contributed by atoms with E-state index in [1.807, 2.05) is 42.2 Å². The topological polar surface area (TPSA) is 58.4 Å². The summed E-state index contributed by atoms with van der Waals surface area (Å²) in [4.78, 5) is 11.5. The average molecular weight is 294 g/mol. The highest BCUT2D eigenvalue weighted by Crippen LogP contribution is 2.26. The van der Waals surface area contributed by atoms with Gasteiger partial charge in [0.1, 0.15) is 5.82 Å². The molecule has 112 valence electrons. The normalized spacial score (nSPS) is 15.4. The Hall–Kier alpha value is -2.47. The van der Waals surface area contributed by atoms with Crippen molar-refractivity contribution in [3.8, 4) is 11.1 Å². The zero-order valence-corrected chi connectivity index (χ0v) is 12.5. The number of fused-ring (bicyclic) bond motifs is 1. The van der Waals surface area contributed by atoms with Crippen LogP contribution in [0.25, 0.3) is 16.8 Å². The molecular weight excluding hydrogens is 276 g/mol. The fraction of sp³-hybridized carbons (Fsp3) is 0.312. The quantitative estimate of drug-likeness (QED) is 0.776. The minimum atomic E-state index is 0.882. The van der Waals surface area contributed by atoms with Crippen molar-refractivity contribution in [2.75, 3.05) is 31.1 Å². The van der Waals surface area contributed by atoms with Gasteiger partial charge in [0.2, 0.25) is 0 Å². The second kappa shape index (κ2) is 5.38. The van der Waals surface area contributed by atoms with E-state index >= 15 is 0 Å². The van der Waals surface area contributed by atoms with E-state index in [0.717, 1.165) is 54.5 Å². The van der Waals surface area contributed by atoms with E-state index in [9.17, 15) is 0 Å². The van der Waals surface area contributed by atoms with Crippen LogP contribution in [0.4, 0.5) is 5.82 Å². The second-order valence-electron chi connectivity index (χ2n) is 5.49. The Morgan fingerprint density at radius 3 is 2.82 bits per heavy atom. The number of hydrogen-bond acceptors (Lipinski definition) is 5. The molecule has 0 aliphatic carbocycles. The van der Waals surface area contributed by atoms with Gasteiger partial charge in [-0.15, -0.1) is 0 Å². The van der Waals surface area contributed by atoms with Gasteiger partial charge in [-0.25, -0.2) is 9.50 Å². The molecule has 1 saturated heterocycles. The van der Waals surface area contributed by atoms with Crippen LogP contribution in [0, 0.1) is 6.92 Å². The van der Waals surface area contributed by atoms with Gasteiger partial charge in [0, 0.05) is 55.4 Å². The largest absolute Gasteiger partial charge is 0.354 e. The minimum absolute atomic E-state index is 0.882. The number of piperazine rings is 1. The second-order valence-corrected chi connectivity index (χ2v) is 5.49. The lowest BCUT2D eigenvalue weighted by Gasteiger charge is -2.28. The minimum Gasteiger partial charge on any atom is -0.354 e. The summed E-state index contributed by atoms with van der Waals surface area (Å²) >= 11 is 0. The SMILES string of the molecule is Cc1ncccc1-c1cnn2ccc(N3CCNCC3)nc12. The van der Waals surface area contributed by atoms with E-state index < -0.39 is 0 Å². The van der Waals surface area contributed by atoms with Gasteiger partial charge in [-0.2, -0.15) is 5.10 Å². The summed E-state index contributed by atoms with van der Waals surface area (Å²) in [5.74, 6) is 1.01. The molecule has 3 aromatic heterocycles. The summed E-state index contributed by atoms with van der Waals surface area (Å²) < 4.78 is 1.83. The third-order valence-corrected chi connectivity index (χ3v) is 4.09. The monoisotopic (exact) mass is 294 g/mol.